The summed E-state index contributed by atoms with van der Waals surface area (Å²) in [5.41, 5.74) is 0.512. The third-order valence-electron chi connectivity index (χ3n) is 7.55. The maximum absolute atomic E-state index is 13.7. The fraction of sp³-hybridized carbons (Fsp3) is 0.467. The highest BCUT2D eigenvalue weighted by Crippen LogP contribution is 2.48. The van der Waals surface area contributed by atoms with Crippen molar-refractivity contribution >= 4 is 35.5 Å². The van der Waals surface area contributed by atoms with E-state index in [1.165, 1.54) is 11.8 Å². The van der Waals surface area contributed by atoms with Crippen LogP contribution in [0.25, 0.3) is 0 Å². The normalized spacial score (nSPS) is 23.2. The SMILES string of the molecule is CN1CCC2(CC1)SC(C(C(=O)OC(C)(C)C)N1C(=O)c3ccccc3C1=O)NC2C(=O)OCc1ccccc1. The Balaban J connectivity index is 1.47. The number of fused-ring (bicyclic) bond motifs is 1. The number of amides is 2. The minimum Gasteiger partial charge on any atom is -0.460 e. The number of nitrogens with one attached hydrogen (secondary N) is 1. The molecule has 40 heavy (non-hydrogen) atoms. The molecule has 10 heteroatoms. The first kappa shape index (κ1) is 28.3. The van der Waals surface area contributed by atoms with E-state index in [9.17, 15) is 19.2 Å². The number of piperidine rings is 1. The molecule has 0 bridgehead atoms. The minimum atomic E-state index is -1.28. The van der Waals surface area contributed by atoms with Crippen molar-refractivity contribution in [1.82, 2.24) is 15.1 Å². The van der Waals surface area contributed by atoms with Gasteiger partial charge in [-0.1, -0.05) is 42.5 Å². The summed E-state index contributed by atoms with van der Waals surface area (Å²) in [4.78, 5) is 57.6. The fourth-order valence-electron chi connectivity index (χ4n) is 5.51. The van der Waals surface area contributed by atoms with Crippen LogP contribution < -0.4 is 5.32 Å². The van der Waals surface area contributed by atoms with Gasteiger partial charge in [-0.3, -0.25) is 24.6 Å². The predicted molar refractivity (Wildman–Crippen MR) is 151 cm³/mol. The molecule has 2 aromatic rings. The molecule has 2 saturated heterocycles. The van der Waals surface area contributed by atoms with E-state index in [4.69, 9.17) is 9.47 Å². The highest BCUT2D eigenvalue weighted by atomic mass is 32.2. The molecule has 0 saturated carbocycles. The molecule has 0 aromatic heterocycles. The van der Waals surface area contributed by atoms with Gasteiger partial charge in [-0.05, 0) is 71.4 Å². The standard InChI is InChI=1S/C30H35N3O6S/c1-29(2,3)39-27(36)22(33-25(34)20-12-8-9-13-21(20)26(33)35)24-31-23(30(40-24)14-16-32(4)17-15-30)28(37)38-18-19-10-6-5-7-11-19/h5-13,22-24,31H,14-18H2,1-4H3. The Hall–Kier alpha value is -3.21. The van der Waals surface area contributed by atoms with Gasteiger partial charge in [0.05, 0.1) is 16.5 Å². The number of benzene rings is 2. The quantitative estimate of drug-likeness (QED) is 0.418. The largest absolute Gasteiger partial charge is 0.460 e. The molecule has 3 heterocycles. The summed E-state index contributed by atoms with van der Waals surface area (Å²) in [5, 5.41) is 2.57. The number of esters is 2. The first-order valence-electron chi connectivity index (χ1n) is 13.5. The average Bonchev–Trinajstić information content (AvgIpc) is 3.40. The highest BCUT2D eigenvalue weighted by Gasteiger charge is 2.58. The van der Waals surface area contributed by atoms with Gasteiger partial charge in [0.2, 0.25) is 0 Å². The van der Waals surface area contributed by atoms with Gasteiger partial charge in [-0.15, -0.1) is 11.8 Å². The molecule has 212 valence electrons. The van der Waals surface area contributed by atoms with E-state index in [-0.39, 0.29) is 17.7 Å². The van der Waals surface area contributed by atoms with Crippen LogP contribution in [0, 0.1) is 0 Å². The maximum Gasteiger partial charge on any atom is 0.332 e. The van der Waals surface area contributed by atoms with E-state index in [0.29, 0.717) is 12.8 Å². The van der Waals surface area contributed by atoms with Crippen molar-refractivity contribution in [1.29, 1.82) is 0 Å². The average molecular weight is 566 g/mol. The molecule has 9 nitrogen and oxygen atoms in total. The molecular weight excluding hydrogens is 530 g/mol. The van der Waals surface area contributed by atoms with E-state index in [1.807, 2.05) is 37.4 Å². The minimum absolute atomic E-state index is 0.122. The van der Waals surface area contributed by atoms with Crippen LogP contribution in [0.3, 0.4) is 0 Å². The Morgan fingerprint density at radius 1 is 1.00 bits per heavy atom. The molecule has 0 aliphatic carbocycles. The fourth-order valence-corrected chi connectivity index (χ4v) is 7.30. The molecule has 2 amide bonds. The molecule has 2 aromatic carbocycles. The maximum atomic E-state index is 13.7. The molecule has 3 atom stereocenters. The number of hydrogen-bond acceptors (Lipinski definition) is 9. The zero-order chi connectivity index (χ0) is 28.7. The predicted octanol–water partition coefficient (Wildman–Crippen LogP) is 3.23. The molecule has 3 aliphatic rings. The molecule has 3 aliphatic heterocycles. The van der Waals surface area contributed by atoms with Crippen LogP contribution in [0.5, 0.6) is 0 Å². The van der Waals surface area contributed by atoms with Crippen LogP contribution >= 0.6 is 11.8 Å². The summed E-state index contributed by atoms with van der Waals surface area (Å²) in [6, 6.07) is 14.0. The Morgan fingerprint density at radius 2 is 1.57 bits per heavy atom. The van der Waals surface area contributed by atoms with Crippen LogP contribution in [-0.4, -0.2) is 81.5 Å². The summed E-state index contributed by atoms with van der Waals surface area (Å²) >= 11 is 1.44. The lowest BCUT2D eigenvalue weighted by Crippen LogP contribution is -2.57. The lowest BCUT2D eigenvalue weighted by atomic mass is 9.88. The summed E-state index contributed by atoms with van der Waals surface area (Å²) in [6.45, 7) is 6.85. The zero-order valence-corrected chi connectivity index (χ0v) is 24.0. The number of imide groups is 1. The lowest BCUT2D eigenvalue weighted by molar-refractivity contribution is -0.160. The van der Waals surface area contributed by atoms with Gasteiger partial charge < -0.3 is 14.4 Å². The topological polar surface area (TPSA) is 105 Å². The molecule has 0 radical (unpaired) electrons. The van der Waals surface area contributed by atoms with Crippen LogP contribution in [0.2, 0.25) is 0 Å². The van der Waals surface area contributed by atoms with Crippen LogP contribution in [-0.2, 0) is 25.7 Å². The molecule has 2 fully saturated rings. The number of carbonyl (C=O) groups is 4. The van der Waals surface area contributed by atoms with E-state index >= 15 is 0 Å². The van der Waals surface area contributed by atoms with Crippen LogP contribution in [0.15, 0.2) is 54.6 Å². The second kappa shape index (κ2) is 11.0. The number of likely N-dealkylation sites (tertiary alicyclic amines) is 1. The number of ether oxygens (including phenoxy) is 2. The molecule has 1 N–H and O–H groups in total. The van der Waals surface area contributed by atoms with Crippen molar-refractivity contribution in [3.05, 3.63) is 71.3 Å². The number of rotatable bonds is 6. The first-order valence-corrected chi connectivity index (χ1v) is 14.4. The Morgan fingerprint density at radius 3 is 2.15 bits per heavy atom. The number of nitrogens with zero attached hydrogens (tertiary/aromatic N) is 2. The van der Waals surface area contributed by atoms with Gasteiger partial charge in [-0.2, -0.15) is 0 Å². The Kier molecular flexibility index (Phi) is 7.78. The van der Waals surface area contributed by atoms with Gasteiger partial charge in [0.25, 0.3) is 11.8 Å². The van der Waals surface area contributed by atoms with Gasteiger partial charge in [0, 0.05) is 4.75 Å². The van der Waals surface area contributed by atoms with E-state index in [1.54, 1.807) is 45.0 Å². The van der Waals surface area contributed by atoms with Crippen molar-refractivity contribution in [2.45, 2.75) is 68.0 Å². The van der Waals surface area contributed by atoms with Crippen molar-refractivity contribution in [2.24, 2.45) is 0 Å². The van der Waals surface area contributed by atoms with Gasteiger partial charge >= 0.3 is 11.9 Å². The lowest BCUT2D eigenvalue weighted by Gasteiger charge is -2.40. The number of hydrogen-bond donors (Lipinski definition) is 1. The van der Waals surface area contributed by atoms with E-state index in [0.717, 1.165) is 23.6 Å². The second-order valence-corrected chi connectivity index (χ2v) is 13.2. The Bertz CT molecular complexity index is 1270. The summed E-state index contributed by atoms with van der Waals surface area (Å²) in [6.07, 6.45) is 1.35. The monoisotopic (exact) mass is 565 g/mol. The zero-order valence-electron chi connectivity index (χ0n) is 23.2. The molecule has 1 spiro atoms. The third-order valence-corrected chi connectivity index (χ3v) is 9.31. The van der Waals surface area contributed by atoms with Crippen molar-refractivity contribution < 1.29 is 28.7 Å². The first-order chi connectivity index (χ1) is 19.0. The van der Waals surface area contributed by atoms with Gasteiger partial charge in [0.15, 0.2) is 6.04 Å². The Labute approximate surface area is 238 Å². The van der Waals surface area contributed by atoms with Crippen LogP contribution in [0.4, 0.5) is 0 Å². The molecular formula is C30H35N3O6S. The summed E-state index contributed by atoms with van der Waals surface area (Å²) < 4.78 is 10.9. The van der Waals surface area contributed by atoms with Crippen molar-refractivity contribution in [3.8, 4) is 0 Å². The van der Waals surface area contributed by atoms with Crippen LogP contribution in [0.1, 0.15) is 59.9 Å². The molecule has 3 unspecified atom stereocenters. The van der Waals surface area contributed by atoms with Gasteiger partial charge in [0.1, 0.15) is 18.2 Å². The van der Waals surface area contributed by atoms with Gasteiger partial charge in [-0.25, -0.2) is 4.79 Å². The number of thioether (sulfide) groups is 1. The van der Waals surface area contributed by atoms with Crippen molar-refractivity contribution in [3.63, 3.8) is 0 Å². The summed E-state index contributed by atoms with van der Waals surface area (Å²) in [5.74, 6) is -2.22. The third kappa shape index (κ3) is 5.53. The summed E-state index contributed by atoms with van der Waals surface area (Å²) in [7, 11) is 2.03. The highest BCUT2D eigenvalue weighted by molar-refractivity contribution is 8.01. The second-order valence-electron chi connectivity index (χ2n) is 11.6. The smallest absolute Gasteiger partial charge is 0.332 e. The van der Waals surface area contributed by atoms with E-state index in [2.05, 4.69) is 10.2 Å². The van der Waals surface area contributed by atoms with E-state index < -0.39 is 51.6 Å². The number of carbonyl (C=O) groups excluding carboxylic acids is 4. The molecule has 5 rings (SSSR count). The van der Waals surface area contributed by atoms with Crippen molar-refractivity contribution in [2.75, 3.05) is 20.1 Å².